The summed E-state index contributed by atoms with van der Waals surface area (Å²) in [5.74, 6) is 0.191. The number of benzene rings is 2. The molecule has 1 aliphatic heterocycles. The van der Waals surface area contributed by atoms with Crippen molar-refractivity contribution in [3.8, 4) is 17.2 Å². The summed E-state index contributed by atoms with van der Waals surface area (Å²) in [5, 5.41) is 0.506. The van der Waals surface area contributed by atoms with Crippen molar-refractivity contribution in [2.24, 2.45) is 0 Å². The average Bonchev–Trinajstić information content (AvgIpc) is 2.72. The van der Waals surface area contributed by atoms with E-state index in [2.05, 4.69) is 5.43 Å². The molecular weight excluding hydrogens is 372 g/mol. The van der Waals surface area contributed by atoms with Crippen molar-refractivity contribution in [2.45, 2.75) is 11.4 Å². The van der Waals surface area contributed by atoms with E-state index in [1.54, 1.807) is 0 Å². The Morgan fingerprint density at radius 3 is 2.15 bits per heavy atom. The SMILES string of the molecule is COc1cc(C(=O)NN2C(=O)[C@@H](Cl)[C@@H]2c2ccccc2)cc(OC)c1OC. The molecule has 3 rings (SSSR count). The van der Waals surface area contributed by atoms with E-state index < -0.39 is 17.3 Å². The third-order valence-corrected chi connectivity index (χ3v) is 4.74. The number of hydrogen-bond acceptors (Lipinski definition) is 5. The number of carbonyl (C=O) groups is 2. The Morgan fingerprint density at radius 1 is 1.04 bits per heavy atom. The molecule has 0 spiro atoms. The molecule has 2 aromatic rings. The van der Waals surface area contributed by atoms with Crippen LogP contribution in [0.1, 0.15) is 22.0 Å². The van der Waals surface area contributed by atoms with Crippen LogP contribution in [0.3, 0.4) is 0 Å². The van der Waals surface area contributed by atoms with Crippen molar-refractivity contribution in [3.05, 3.63) is 53.6 Å². The fourth-order valence-corrected chi connectivity index (χ4v) is 3.30. The summed E-state index contributed by atoms with van der Waals surface area (Å²) in [6.45, 7) is 0. The summed E-state index contributed by atoms with van der Waals surface area (Å²) < 4.78 is 15.8. The molecule has 1 fully saturated rings. The van der Waals surface area contributed by atoms with Crippen LogP contribution in [-0.4, -0.2) is 43.5 Å². The molecule has 142 valence electrons. The molecule has 0 bridgehead atoms. The number of hydrazine groups is 1. The van der Waals surface area contributed by atoms with Crippen LogP contribution in [0.4, 0.5) is 0 Å². The highest BCUT2D eigenvalue weighted by Crippen LogP contribution is 2.39. The predicted octanol–water partition coefficient (Wildman–Crippen LogP) is 2.55. The predicted molar refractivity (Wildman–Crippen MR) is 99.2 cm³/mol. The number of ether oxygens (including phenoxy) is 3. The van der Waals surface area contributed by atoms with Gasteiger partial charge in [0.25, 0.3) is 11.8 Å². The minimum atomic E-state index is -0.729. The Bertz CT molecular complexity index is 833. The number of hydrogen-bond donors (Lipinski definition) is 1. The normalized spacial score (nSPS) is 18.5. The summed E-state index contributed by atoms with van der Waals surface area (Å²) in [7, 11) is 4.40. The molecule has 1 N–H and O–H groups in total. The monoisotopic (exact) mass is 390 g/mol. The molecule has 0 saturated carbocycles. The summed E-state index contributed by atoms with van der Waals surface area (Å²) in [5.41, 5.74) is 3.70. The zero-order valence-corrected chi connectivity index (χ0v) is 15.8. The van der Waals surface area contributed by atoms with Crippen LogP contribution >= 0.6 is 11.6 Å². The maximum atomic E-state index is 12.7. The van der Waals surface area contributed by atoms with Gasteiger partial charge in [-0.1, -0.05) is 30.3 Å². The van der Waals surface area contributed by atoms with Gasteiger partial charge < -0.3 is 14.2 Å². The van der Waals surface area contributed by atoms with Crippen LogP contribution in [0, 0.1) is 0 Å². The Hall–Kier alpha value is -2.93. The topological polar surface area (TPSA) is 77.1 Å². The van der Waals surface area contributed by atoms with Crippen molar-refractivity contribution in [1.29, 1.82) is 0 Å². The van der Waals surface area contributed by atoms with E-state index >= 15 is 0 Å². The molecule has 1 aliphatic rings. The number of β-lactam (4-membered cyclic amide) rings is 1. The van der Waals surface area contributed by atoms with Crippen molar-refractivity contribution in [2.75, 3.05) is 21.3 Å². The molecule has 0 unspecified atom stereocenters. The maximum absolute atomic E-state index is 12.7. The Labute approximate surface area is 161 Å². The second-order valence-electron chi connectivity index (χ2n) is 5.82. The molecule has 1 saturated heterocycles. The van der Waals surface area contributed by atoms with Gasteiger partial charge in [-0.05, 0) is 17.7 Å². The number of nitrogens with one attached hydrogen (secondary N) is 1. The van der Waals surface area contributed by atoms with Gasteiger partial charge in [0, 0.05) is 5.56 Å². The molecule has 0 radical (unpaired) electrons. The number of methoxy groups -OCH3 is 3. The molecule has 2 aromatic carbocycles. The van der Waals surface area contributed by atoms with Gasteiger partial charge in [0.05, 0.1) is 21.3 Å². The quantitative estimate of drug-likeness (QED) is 0.606. The van der Waals surface area contributed by atoms with E-state index in [1.807, 2.05) is 30.3 Å². The summed E-state index contributed by atoms with van der Waals surface area (Å²) in [6, 6.07) is 11.9. The number of rotatable bonds is 6. The minimum absolute atomic E-state index is 0.252. The maximum Gasteiger partial charge on any atom is 0.270 e. The molecule has 8 heteroatoms. The van der Waals surface area contributed by atoms with E-state index in [0.717, 1.165) is 5.56 Å². The van der Waals surface area contributed by atoms with Crippen LogP contribution in [-0.2, 0) is 4.79 Å². The first-order chi connectivity index (χ1) is 13.0. The van der Waals surface area contributed by atoms with Gasteiger partial charge in [-0.15, -0.1) is 11.6 Å². The number of alkyl halides is 1. The van der Waals surface area contributed by atoms with Gasteiger partial charge in [-0.25, -0.2) is 5.01 Å². The highest BCUT2D eigenvalue weighted by Gasteiger charge is 2.48. The van der Waals surface area contributed by atoms with Gasteiger partial charge in [0.15, 0.2) is 11.5 Å². The van der Waals surface area contributed by atoms with Crippen LogP contribution < -0.4 is 19.6 Å². The van der Waals surface area contributed by atoms with Crippen LogP contribution in [0.5, 0.6) is 17.2 Å². The zero-order valence-electron chi connectivity index (χ0n) is 15.1. The van der Waals surface area contributed by atoms with E-state index in [1.165, 1.54) is 38.5 Å². The lowest BCUT2D eigenvalue weighted by atomic mass is 9.95. The largest absolute Gasteiger partial charge is 0.493 e. The standard InChI is InChI=1S/C19H19ClN2O5/c1-25-13-9-12(10-14(26-2)17(13)27-3)18(23)21-22-16(15(20)19(22)24)11-7-5-4-6-8-11/h4-10,15-16H,1-3H3,(H,21,23)/t15-,16-/m0/s1. The number of halogens is 1. The van der Waals surface area contributed by atoms with Crippen molar-refractivity contribution < 1.29 is 23.8 Å². The van der Waals surface area contributed by atoms with Crippen molar-refractivity contribution in [1.82, 2.24) is 10.4 Å². The molecule has 0 aliphatic carbocycles. The Morgan fingerprint density at radius 2 is 1.63 bits per heavy atom. The van der Waals surface area contributed by atoms with Gasteiger partial charge >= 0.3 is 0 Å². The Balaban J connectivity index is 1.85. The highest BCUT2D eigenvalue weighted by atomic mass is 35.5. The first-order valence-corrected chi connectivity index (χ1v) is 8.58. The summed E-state index contributed by atoms with van der Waals surface area (Å²) in [4.78, 5) is 24.9. The third kappa shape index (κ3) is 3.38. The molecule has 0 aromatic heterocycles. The second-order valence-corrected chi connectivity index (χ2v) is 6.29. The third-order valence-electron chi connectivity index (χ3n) is 4.32. The molecule has 1 heterocycles. The molecule has 7 nitrogen and oxygen atoms in total. The fourth-order valence-electron chi connectivity index (χ4n) is 2.93. The zero-order chi connectivity index (χ0) is 19.6. The number of carbonyl (C=O) groups excluding carboxylic acids is 2. The molecule has 2 amide bonds. The van der Waals surface area contributed by atoms with E-state index in [0.29, 0.717) is 17.2 Å². The van der Waals surface area contributed by atoms with Crippen molar-refractivity contribution in [3.63, 3.8) is 0 Å². The first kappa shape index (κ1) is 18.8. The van der Waals surface area contributed by atoms with Crippen LogP contribution in [0.25, 0.3) is 0 Å². The fraction of sp³-hybridized carbons (Fsp3) is 0.263. The smallest absolute Gasteiger partial charge is 0.270 e. The minimum Gasteiger partial charge on any atom is -0.493 e. The van der Waals surface area contributed by atoms with Gasteiger partial charge in [0.1, 0.15) is 11.4 Å². The summed E-state index contributed by atoms with van der Waals surface area (Å²) >= 11 is 6.16. The van der Waals surface area contributed by atoms with Gasteiger partial charge in [-0.2, -0.15) is 0 Å². The van der Waals surface area contributed by atoms with Crippen molar-refractivity contribution >= 4 is 23.4 Å². The van der Waals surface area contributed by atoms with Crippen LogP contribution in [0.15, 0.2) is 42.5 Å². The van der Waals surface area contributed by atoms with E-state index in [4.69, 9.17) is 25.8 Å². The molecule has 2 atom stereocenters. The number of nitrogens with zero attached hydrogens (tertiary/aromatic N) is 1. The first-order valence-electron chi connectivity index (χ1n) is 8.15. The molecule has 27 heavy (non-hydrogen) atoms. The second kappa shape index (κ2) is 7.75. The van der Waals surface area contributed by atoms with Gasteiger partial charge in [0.2, 0.25) is 5.75 Å². The van der Waals surface area contributed by atoms with Gasteiger partial charge in [-0.3, -0.25) is 15.0 Å². The number of amides is 2. The summed E-state index contributed by atoms with van der Waals surface area (Å²) in [6.07, 6.45) is 0. The lowest BCUT2D eigenvalue weighted by Crippen LogP contribution is -2.63. The van der Waals surface area contributed by atoms with Crippen LogP contribution in [0.2, 0.25) is 0 Å². The van der Waals surface area contributed by atoms with E-state index in [9.17, 15) is 9.59 Å². The lowest BCUT2D eigenvalue weighted by molar-refractivity contribution is -0.149. The highest BCUT2D eigenvalue weighted by molar-refractivity contribution is 6.33. The lowest BCUT2D eigenvalue weighted by Gasteiger charge is -2.43. The average molecular weight is 391 g/mol. The Kier molecular flexibility index (Phi) is 5.41. The van der Waals surface area contributed by atoms with E-state index in [-0.39, 0.29) is 11.5 Å². The molecular formula is C19H19ClN2O5.